The highest BCUT2D eigenvalue weighted by Gasteiger charge is 2.29. The van der Waals surface area contributed by atoms with Gasteiger partial charge in [0.2, 0.25) is 0 Å². The van der Waals surface area contributed by atoms with Crippen LogP contribution in [-0.4, -0.2) is 56.4 Å². The van der Waals surface area contributed by atoms with Crippen molar-refractivity contribution in [2.75, 3.05) is 5.75 Å². The molecule has 15 nitrogen and oxygen atoms in total. The van der Waals surface area contributed by atoms with E-state index in [2.05, 4.69) is 15.5 Å². The number of benzene rings is 3. The zero-order chi connectivity index (χ0) is 31.7. The molecule has 0 bridgehead atoms. The van der Waals surface area contributed by atoms with Gasteiger partial charge in [0.1, 0.15) is 17.1 Å². The zero-order valence-corrected chi connectivity index (χ0v) is 24.5. The first kappa shape index (κ1) is 29.1. The van der Waals surface area contributed by atoms with Crippen LogP contribution in [0.4, 0.5) is 11.4 Å². The summed E-state index contributed by atoms with van der Waals surface area (Å²) in [5.74, 6) is 0.393. The van der Waals surface area contributed by atoms with E-state index in [0.29, 0.717) is 44.8 Å². The van der Waals surface area contributed by atoms with Gasteiger partial charge in [0.25, 0.3) is 11.4 Å². The van der Waals surface area contributed by atoms with Gasteiger partial charge < -0.3 is 10.8 Å². The maximum atomic E-state index is 11.8. The zero-order valence-electron chi connectivity index (χ0n) is 22.8. The van der Waals surface area contributed by atoms with Crippen LogP contribution in [0.5, 0.6) is 5.75 Å². The van der Waals surface area contributed by atoms with Gasteiger partial charge in [-0.05, 0) is 36.5 Å². The molecule has 224 valence electrons. The monoisotopic (exact) mass is 640 g/mol. The van der Waals surface area contributed by atoms with Gasteiger partial charge in [0.15, 0.2) is 21.9 Å². The molecule has 3 heterocycles. The van der Waals surface area contributed by atoms with Crippen LogP contribution in [0.3, 0.4) is 0 Å². The average Bonchev–Trinajstić information content (AvgIpc) is 3.78. The molecule has 6 rings (SSSR count). The summed E-state index contributed by atoms with van der Waals surface area (Å²) >= 11 is 6.08. The summed E-state index contributed by atoms with van der Waals surface area (Å²) in [7, 11) is 0. The number of aromatic nitrogens is 4. The number of nitrogens with zero attached hydrogens (tertiary/aromatic N) is 8. The predicted molar refractivity (Wildman–Crippen MR) is 173 cm³/mol. The number of nitro benzene ring substituents is 2. The Morgan fingerprint density at radius 2 is 1.69 bits per heavy atom. The van der Waals surface area contributed by atoms with Crippen molar-refractivity contribution in [1.29, 1.82) is 0 Å². The fourth-order valence-electron chi connectivity index (χ4n) is 4.56. The van der Waals surface area contributed by atoms with Gasteiger partial charge in [-0.25, -0.2) is 14.4 Å². The van der Waals surface area contributed by atoms with E-state index >= 15 is 0 Å². The van der Waals surface area contributed by atoms with Crippen LogP contribution in [0.1, 0.15) is 0 Å². The number of thioether (sulfide) groups is 1. The number of non-ortho nitro benzene ring substituents is 2. The molecule has 0 saturated carbocycles. The van der Waals surface area contributed by atoms with Gasteiger partial charge in [0, 0.05) is 41.6 Å². The number of hydrogen-bond acceptors (Lipinski definition) is 10. The molecule has 0 spiro atoms. The molecular formula is C28H20N10O5S2. The Labute approximate surface area is 263 Å². The number of aromatic hydroxyl groups is 1. The lowest BCUT2D eigenvalue weighted by molar-refractivity contribution is -0.385. The first-order valence-corrected chi connectivity index (χ1v) is 14.4. The number of thiocarbonyl (C=S) groups is 1. The fraction of sp³-hybridized carbons (Fsp3) is 0.0357. The summed E-state index contributed by atoms with van der Waals surface area (Å²) in [6, 6.07) is 20.8. The van der Waals surface area contributed by atoms with Gasteiger partial charge in [-0.3, -0.25) is 25.7 Å². The average molecular weight is 641 g/mol. The first-order valence-electron chi connectivity index (χ1n) is 13.0. The molecule has 2 aromatic heterocycles. The smallest absolute Gasteiger partial charge is 0.270 e. The number of para-hydroxylation sites is 1. The van der Waals surface area contributed by atoms with Crippen LogP contribution in [0.25, 0.3) is 39.5 Å². The topological polar surface area (TPSA) is 205 Å². The molecule has 0 unspecified atom stereocenters. The molecule has 0 fully saturated rings. The molecular weight excluding hydrogens is 621 g/mol. The third-order valence-electron chi connectivity index (χ3n) is 6.56. The Bertz CT molecular complexity index is 2040. The van der Waals surface area contributed by atoms with Gasteiger partial charge in [-0.2, -0.15) is 15.3 Å². The summed E-state index contributed by atoms with van der Waals surface area (Å²) < 4.78 is 2.99. The molecule has 5 aromatic rings. The molecule has 3 aromatic carbocycles. The quantitative estimate of drug-likeness (QED) is 0.126. The number of amidine groups is 1. The van der Waals surface area contributed by atoms with E-state index in [4.69, 9.17) is 28.1 Å². The number of nitrogens with two attached hydrogens (primary N) is 1. The Morgan fingerprint density at radius 1 is 0.956 bits per heavy atom. The van der Waals surface area contributed by atoms with Crippen LogP contribution in [-0.2, 0) is 0 Å². The minimum atomic E-state index is -0.535. The van der Waals surface area contributed by atoms with Crippen molar-refractivity contribution in [3.05, 3.63) is 105 Å². The van der Waals surface area contributed by atoms with Gasteiger partial charge in [-0.1, -0.05) is 42.1 Å². The number of nitrogens with one attached hydrogen (secondary N) is 1. The third kappa shape index (κ3) is 5.84. The molecule has 0 radical (unpaired) electrons. The van der Waals surface area contributed by atoms with Crippen molar-refractivity contribution in [1.82, 2.24) is 25.0 Å². The summed E-state index contributed by atoms with van der Waals surface area (Å²) in [5, 5.41) is 48.6. The Morgan fingerprint density at radius 3 is 2.38 bits per heavy atom. The van der Waals surface area contributed by atoms with Crippen LogP contribution < -0.4 is 11.2 Å². The van der Waals surface area contributed by atoms with Crippen molar-refractivity contribution in [2.45, 2.75) is 0 Å². The number of hydrazone groups is 1. The lowest BCUT2D eigenvalue weighted by Gasteiger charge is -2.06. The van der Waals surface area contributed by atoms with Crippen molar-refractivity contribution in [3.8, 4) is 45.2 Å². The van der Waals surface area contributed by atoms with Crippen molar-refractivity contribution in [3.63, 3.8) is 0 Å². The van der Waals surface area contributed by atoms with Gasteiger partial charge in [0.05, 0.1) is 26.9 Å². The minimum absolute atomic E-state index is 0.0401. The molecule has 1 aliphatic rings. The summed E-state index contributed by atoms with van der Waals surface area (Å²) in [6.45, 7) is 0. The van der Waals surface area contributed by atoms with E-state index in [1.165, 1.54) is 46.8 Å². The van der Waals surface area contributed by atoms with E-state index in [0.717, 1.165) is 0 Å². The lowest BCUT2D eigenvalue weighted by atomic mass is 10.0. The molecule has 45 heavy (non-hydrogen) atoms. The highest BCUT2D eigenvalue weighted by Crippen LogP contribution is 2.43. The maximum absolute atomic E-state index is 11.8. The minimum Gasteiger partial charge on any atom is -0.504 e. The second kappa shape index (κ2) is 12.0. The SMILES string of the molecule is NC(=S)N/N=C1\CSC(n2nc(-c3cn(-c4ccccc4)nc3-c3ccc([N+](=O)[O-])cc3)c(O)c2-c2cccc([N+](=O)[O-])c2)=N1. The van der Waals surface area contributed by atoms with E-state index < -0.39 is 9.85 Å². The predicted octanol–water partition coefficient (Wildman–Crippen LogP) is 4.69. The van der Waals surface area contributed by atoms with Gasteiger partial charge in [-0.15, -0.1) is 0 Å². The number of hydrogen-bond donors (Lipinski definition) is 3. The van der Waals surface area contributed by atoms with E-state index in [1.54, 1.807) is 29.1 Å². The van der Waals surface area contributed by atoms with Crippen molar-refractivity contribution >= 4 is 51.5 Å². The molecule has 0 atom stereocenters. The van der Waals surface area contributed by atoms with Crippen LogP contribution in [0, 0.1) is 20.2 Å². The van der Waals surface area contributed by atoms with E-state index in [-0.39, 0.29) is 33.6 Å². The van der Waals surface area contributed by atoms with Gasteiger partial charge >= 0.3 is 0 Å². The molecule has 4 N–H and O–H groups in total. The van der Waals surface area contributed by atoms with E-state index in [9.17, 15) is 25.3 Å². The maximum Gasteiger partial charge on any atom is 0.270 e. The summed E-state index contributed by atoms with van der Waals surface area (Å²) in [6.07, 6.45) is 1.68. The van der Waals surface area contributed by atoms with Crippen molar-refractivity contribution in [2.24, 2.45) is 15.8 Å². The molecule has 0 saturated heterocycles. The lowest BCUT2D eigenvalue weighted by Crippen LogP contribution is -2.25. The normalized spacial score (nSPS) is 13.5. The fourth-order valence-corrected chi connectivity index (χ4v) is 5.42. The third-order valence-corrected chi connectivity index (χ3v) is 7.58. The Hall–Kier alpha value is -5.94. The van der Waals surface area contributed by atoms with Crippen LogP contribution >= 0.6 is 24.0 Å². The largest absolute Gasteiger partial charge is 0.504 e. The Balaban J connectivity index is 1.57. The highest BCUT2D eigenvalue weighted by atomic mass is 32.2. The summed E-state index contributed by atoms with van der Waals surface area (Å²) in [4.78, 5) is 26.4. The standard InChI is InChI=1S/C28H20N10O5S2/c29-27(44)32-31-22-15-45-28(30-22)36-25(17-5-4-8-20(13-17)38(42)43)26(39)24(34-36)21-14-35(18-6-2-1-3-7-18)33-23(21)16-9-11-19(12-10-16)37(40)41/h1-14,39H,15H2,(H3,29,32,44)/b31-22+. The molecule has 1 aliphatic heterocycles. The molecule has 0 aliphatic carbocycles. The second-order valence-corrected chi connectivity index (χ2v) is 10.8. The number of nitro groups is 2. The number of aliphatic imine (C=N–C) groups is 1. The highest BCUT2D eigenvalue weighted by molar-refractivity contribution is 8.14. The van der Waals surface area contributed by atoms with Crippen molar-refractivity contribution < 1.29 is 15.0 Å². The van der Waals surface area contributed by atoms with E-state index in [1.807, 2.05) is 30.3 Å². The molecule has 17 heteroatoms. The Kier molecular flexibility index (Phi) is 7.76. The summed E-state index contributed by atoms with van der Waals surface area (Å²) in [5.41, 5.74) is 10.3. The first-order chi connectivity index (χ1) is 21.7. The van der Waals surface area contributed by atoms with Crippen LogP contribution in [0.15, 0.2) is 95.2 Å². The van der Waals surface area contributed by atoms with Crippen LogP contribution in [0.2, 0.25) is 0 Å². The molecule has 0 amide bonds. The number of rotatable bonds is 7. The second-order valence-electron chi connectivity index (χ2n) is 9.43.